The number of quaternary nitrogens is 1. The minimum absolute atomic E-state index is 0.0288. The number of aromatic nitrogens is 1. The lowest BCUT2D eigenvalue weighted by molar-refractivity contribution is -0.932. The molecule has 1 unspecified atom stereocenters. The molecule has 3 saturated heterocycles. The smallest absolute Gasteiger partial charge is 0.244 e. The zero-order chi connectivity index (χ0) is 19.5. The van der Waals surface area contributed by atoms with E-state index in [9.17, 15) is 9.59 Å². The Morgan fingerprint density at radius 3 is 2.48 bits per heavy atom. The second-order valence-electron chi connectivity index (χ2n) is 8.38. The molecule has 29 heavy (non-hydrogen) atoms. The number of amides is 2. The molecule has 1 N–H and O–H groups in total. The number of anilines is 1. The number of carbonyl (C=O) groups is 2. The maximum absolute atomic E-state index is 13.5. The van der Waals surface area contributed by atoms with Crippen LogP contribution in [0.2, 0.25) is 0 Å². The predicted molar refractivity (Wildman–Crippen MR) is 109 cm³/mol. The molecule has 4 heterocycles. The Morgan fingerprint density at radius 2 is 1.62 bits per heavy atom. The molecule has 0 bridgehead atoms. The van der Waals surface area contributed by atoms with Gasteiger partial charge in [-0.1, -0.05) is 42.5 Å². The minimum atomic E-state index is -0.323. The summed E-state index contributed by atoms with van der Waals surface area (Å²) in [7, 11) is 0. The highest BCUT2D eigenvalue weighted by atomic mass is 16.2. The zero-order valence-corrected chi connectivity index (χ0v) is 16.0. The van der Waals surface area contributed by atoms with Gasteiger partial charge < -0.3 is 4.90 Å². The highest BCUT2D eigenvalue weighted by Crippen LogP contribution is 2.44. The van der Waals surface area contributed by atoms with E-state index in [0.29, 0.717) is 5.69 Å². The van der Waals surface area contributed by atoms with Crippen molar-refractivity contribution >= 4 is 28.4 Å². The normalized spacial score (nSPS) is 30.8. The number of hydrogen-bond donors (Lipinski definition) is 1. The van der Waals surface area contributed by atoms with Gasteiger partial charge in [0, 0.05) is 18.2 Å². The summed E-state index contributed by atoms with van der Waals surface area (Å²) in [6, 6.07) is 21.7. The number of nitrogens with zero attached hydrogens (tertiary/aromatic N) is 2. The number of nitrogens with one attached hydrogen (secondary N) is 1. The molecule has 2 amide bonds. The second-order valence-corrected chi connectivity index (χ2v) is 8.38. The molecule has 3 aliphatic rings. The van der Waals surface area contributed by atoms with Crippen molar-refractivity contribution in [2.24, 2.45) is 11.8 Å². The first-order chi connectivity index (χ1) is 14.2. The number of rotatable bonds is 2. The summed E-state index contributed by atoms with van der Waals surface area (Å²) in [5.74, 6) is -0.651. The van der Waals surface area contributed by atoms with Crippen LogP contribution in [0.15, 0.2) is 66.7 Å². The van der Waals surface area contributed by atoms with Gasteiger partial charge >= 0.3 is 0 Å². The van der Waals surface area contributed by atoms with Crippen molar-refractivity contribution in [3.63, 3.8) is 0 Å². The number of pyridine rings is 1. The highest BCUT2D eigenvalue weighted by Gasteiger charge is 2.67. The average Bonchev–Trinajstić information content (AvgIpc) is 3.40. The van der Waals surface area contributed by atoms with E-state index in [1.807, 2.05) is 48.5 Å². The van der Waals surface area contributed by atoms with E-state index in [-0.39, 0.29) is 35.7 Å². The lowest BCUT2D eigenvalue weighted by atomic mass is 9.86. The highest BCUT2D eigenvalue weighted by molar-refractivity contribution is 6.22. The number of carbonyl (C=O) groups excluding carboxylic acids is 2. The number of imide groups is 1. The molecule has 3 fully saturated rings. The molecule has 5 atom stereocenters. The van der Waals surface area contributed by atoms with Crippen LogP contribution in [0, 0.1) is 11.8 Å². The van der Waals surface area contributed by atoms with Crippen molar-refractivity contribution in [1.29, 1.82) is 0 Å². The van der Waals surface area contributed by atoms with Crippen molar-refractivity contribution in [1.82, 2.24) is 4.98 Å². The third kappa shape index (κ3) is 2.34. The summed E-state index contributed by atoms with van der Waals surface area (Å²) < 4.78 is 0. The van der Waals surface area contributed by atoms with Gasteiger partial charge in [0.1, 0.15) is 23.9 Å². The van der Waals surface area contributed by atoms with E-state index in [2.05, 4.69) is 18.2 Å². The first kappa shape index (κ1) is 16.9. The van der Waals surface area contributed by atoms with Crippen molar-refractivity contribution in [2.45, 2.75) is 24.9 Å². The Kier molecular flexibility index (Phi) is 3.62. The largest absolute Gasteiger partial charge is 0.324 e. The predicted octanol–water partition coefficient (Wildman–Crippen LogP) is 2.14. The molecule has 0 radical (unpaired) electrons. The molecule has 1 aromatic heterocycles. The van der Waals surface area contributed by atoms with Crippen LogP contribution in [0.4, 0.5) is 5.69 Å². The average molecular weight is 384 g/mol. The fourth-order valence-corrected chi connectivity index (χ4v) is 5.87. The number of benzene rings is 2. The summed E-state index contributed by atoms with van der Waals surface area (Å²) >= 11 is 0. The third-order valence-corrected chi connectivity index (χ3v) is 7.00. The Bertz CT molecular complexity index is 1130. The molecule has 2 aromatic carbocycles. The van der Waals surface area contributed by atoms with Crippen LogP contribution in [0.25, 0.3) is 10.9 Å². The lowest BCUT2D eigenvalue weighted by Crippen LogP contribution is -3.12. The molecule has 5 heteroatoms. The number of fused-ring (bicyclic) bond motifs is 4. The second kappa shape index (κ2) is 6.22. The van der Waals surface area contributed by atoms with E-state index in [4.69, 9.17) is 4.98 Å². The third-order valence-electron chi connectivity index (χ3n) is 7.00. The first-order valence-corrected chi connectivity index (χ1v) is 10.4. The standard InChI is InChI=1S/C24H21N3O2/c28-23-20-19-11-6-14-26(19)22(18-13-12-15-7-4-5-10-17(15)25-18)21(20)24(29)27(23)16-8-2-1-3-9-16/h1-5,7-10,12-13,19-22H,6,11,14H2/p+1/t19-,20+,21-,22-/m1/s1. The molecule has 144 valence electrons. The van der Waals surface area contributed by atoms with Crippen LogP contribution in [0.3, 0.4) is 0 Å². The number of hydrogen-bond acceptors (Lipinski definition) is 3. The molecule has 6 rings (SSSR count). The van der Waals surface area contributed by atoms with Crippen LogP contribution in [0.1, 0.15) is 24.6 Å². The topological polar surface area (TPSA) is 54.7 Å². The van der Waals surface area contributed by atoms with Gasteiger partial charge in [-0.05, 0) is 24.3 Å². The molecule has 3 aromatic rings. The van der Waals surface area contributed by atoms with E-state index in [1.165, 1.54) is 9.80 Å². The van der Waals surface area contributed by atoms with Gasteiger partial charge in [0.25, 0.3) is 0 Å². The maximum atomic E-state index is 13.5. The maximum Gasteiger partial charge on any atom is 0.244 e. The summed E-state index contributed by atoms with van der Waals surface area (Å²) in [6.45, 7) is 1.00. The Hall–Kier alpha value is -3.05. The van der Waals surface area contributed by atoms with Gasteiger partial charge in [0.2, 0.25) is 11.8 Å². The molecule has 5 nitrogen and oxygen atoms in total. The van der Waals surface area contributed by atoms with Gasteiger partial charge in [-0.3, -0.25) is 9.59 Å². The monoisotopic (exact) mass is 384 g/mol. The SMILES string of the molecule is O=C1[C@@H]2[C@@H](C(=O)N1c1ccccc1)[C@@H](c1ccc3ccccc3n1)[NH+]1CCC[C@H]21. The van der Waals surface area contributed by atoms with E-state index >= 15 is 0 Å². The number of para-hydroxylation sites is 2. The quantitative estimate of drug-likeness (QED) is 0.689. The van der Waals surface area contributed by atoms with Crippen LogP contribution >= 0.6 is 0 Å². The van der Waals surface area contributed by atoms with Gasteiger partial charge in [-0.25, -0.2) is 9.88 Å². The van der Waals surface area contributed by atoms with Gasteiger partial charge in [-0.2, -0.15) is 0 Å². The Labute approximate surface area is 168 Å². The van der Waals surface area contributed by atoms with E-state index in [0.717, 1.165) is 36.0 Å². The first-order valence-electron chi connectivity index (χ1n) is 10.4. The fraction of sp³-hybridized carbons (Fsp3) is 0.292. The van der Waals surface area contributed by atoms with Crippen LogP contribution < -0.4 is 9.80 Å². The van der Waals surface area contributed by atoms with E-state index < -0.39 is 0 Å². The zero-order valence-electron chi connectivity index (χ0n) is 16.0. The van der Waals surface area contributed by atoms with E-state index in [1.54, 1.807) is 0 Å². The summed E-state index contributed by atoms with van der Waals surface area (Å²) in [5, 5.41) is 1.10. The van der Waals surface area contributed by atoms with Gasteiger partial charge in [0.15, 0.2) is 0 Å². The summed E-state index contributed by atoms with van der Waals surface area (Å²) in [5.41, 5.74) is 2.57. The minimum Gasteiger partial charge on any atom is -0.324 e. The summed E-state index contributed by atoms with van der Waals surface area (Å²) in [6.07, 6.45) is 2.10. The molecular weight excluding hydrogens is 362 g/mol. The van der Waals surface area contributed by atoms with Crippen molar-refractivity contribution in [3.05, 3.63) is 72.4 Å². The lowest BCUT2D eigenvalue weighted by Gasteiger charge is -2.25. The molecule has 0 spiro atoms. The van der Waals surface area contributed by atoms with Crippen LogP contribution in [-0.4, -0.2) is 29.4 Å². The molecule has 3 aliphatic heterocycles. The fourth-order valence-electron chi connectivity index (χ4n) is 5.87. The van der Waals surface area contributed by atoms with Gasteiger partial charge in [-0.15, -0.1) is 0 Å². The van der Waals surface area contributed by atoms with Crippen molar-refractivity contribution in [3.8, 4) is 0 Å². The Morgan fingerprint density at radius 1 is 0.862 bits per heavy atom. The Balaban J connectivity index is 1.46. The molecule has 0 aliphatic carbocycles. The van der Waals surface area contributed by atoms with Crippen molar-refractivity contribution in [2.75, 3.05) is 11.4 Å². The summed E-state index contributed by atoms with van der Waals surface area (Å²) in [4.78, 5) is 34.7. The molecule has 0 saturated carbocycles. The van der Waals surface area contributed by atoms with Crippen LogP contribution in [0.5, 0.6) is 0 Å². The molecular formula is C24H22N3O2+. The van der Waals surface area contributed by atoms with Crippen molar-refractivity contribution < 1.29 is 14.5 Å². The van der Waals surface area contributed by atoms with Crippen LogP contribution in [-0.2, 0) is 9.59 Å². The van der Waals surface area contributed by atoms with Gasteiger partial charge in [0.05, 0.1) is 23.4 Å².